The molecule has 1 aromatic carbocycles. The molecule has 132 valence electrons. The summed E-state index contributed by atoms with van der Waals surface area (Å²) in [6.07, 6.45) is 2.76. The zero-order chi connectivity index (χ0) is 17.6. The highest BCUT2D eigenvalue weighted by atomic mass is 19.1. The number of halogens is 2. The first kappa shape index (κ1) is 16.2. The summed E-state index contributed by atoms with van der Waals surface area (Å²) in [6, 6.07) is 2.35. The molecule has 2 aliphatic rings. The third kappa shape index (κ3) is 3.16. The van der Waals surface area contributed by atoms with Gasteiger partial charge in [0.2, 0.25) is 0 Å². The summed E-state index contributed by atoms with van der Waals surface area (Å²) in [5, 5.41) is 0. The van der Waals surface area contributed by atoms with Gasteiger partial charge in [-0.25, -0.2) is 13.8 Å². The van der Waals surface area contributed by atoms with Crippen molar-refractivity contribution in [3.05, 3.63) is 56.8 Å². The minimum Gasteiger partial charge on any atom is -0.497 e. The van der Waals surface area contributed by atoms with Crippen molar-refractivity contribution in [1.82, 2.24) is 14.9 Å². The van der Waals surface area contributed by atoms with Gasteiger partial charge in [0.25, 0.3) is 5.56 Å². The van der Waals surface area contributed by atoms with Crippen molar-refractivity contribution in [2.24, 2.45) is 0 Å². The molecule has 1 N–H and O–H groups in total. The molecule has 1 aromatic heterocycles. The molecular weight excluding hydrogens is 328 g/mol. The Morgan fingerprint density at radius 2 is 2.04 bits per heavy atom. The van der Waals surface area contributed by atoms with E-state index in [1.165, 1.54) is 19.2 Å². The maximum absolute atomic E-state index is 14.1. The number of H-pyrrole nitrogens is 1. The highest BCUT2D eigenvalue weighted by molar-refractivity contribution is 5.31. The Morgan fingerprint density at radius 3 is 2.68 bits per heavy atom. The molecule has 0 spiro atoms. The number of nitrogens with zero attached hydrogens (tertiary/aromatic N) is 2. The summed E-state index contributed by atoms with van der Waals surface area (Å²) in [6.45, 7) is 1.05. The lowest BCUT2D eigenvalue weighted by molar-refractivity contribution is 0.234. The number of hydrogen-bond donors (Lipinski definition) is 1. The molecule has 0 atom stereocenters. The molecule has 1 aliphatic heterocycles. The van der Waals surface area contributed by atoms with Crippen LogP contribution in [-0.2, 0) is 19.5 Å². The zero-order valence-electron chi connectivity index (χ0n) is 13.9. The largest absolute Gasteiger partial charge is 0.497 e. The Kier molecular flexibility index (Phi) is 4.03. The van der Waals surface area contributed by atoms with Crippen molar-refractivity contribution in [2.45, 2.75) is 38.3 Å². The maximum atomic E-state index is 14.1. The lowest BCUT2D eigenvalue weighted by Gasteiger charge is -2.28. The average Bonchev–Trinajstić information content (AvgIpc) is 3.43. The van der Waals surface area contributed by atoms with E-state index in [0.717, 1.165) is 24.4 Å². The van der Waals surface area contributed by atoms with Crippen LogP contribution in [-0.4, -0.2) is 28.5 Å². The number of aromatic amines is 1. The van der Waals surface area contributed by atoms with Gasteiger partial charge in [0.15, 0.2) is 0 Å². The van der Waals surface area contributed by atoms with Gasteiger partial charge in [-0.05, 0) is 12.8 Å². The Bertz CT molecular complexity index is 854. The highest BCUT2D eigenvalue weighted by Crippen LogP contribution is 2.37. The number of benzene rings is 1. The molecule has 7 heteroatoms. The van der Waals surface area contributed by atoms with Crippen LogP contribution >= 0.6 is 0 Å². The lowest BCUT2D eigenvalue weighted by Crippen LogP contribution is -2.36. The Morgan fingerprint density at radius 1 is 1.32 bits per heavy atom. The van der Waals surface area contributed by atoms with Gasteiger partial charge in [0.1, 0.15) is 23.2 Å². The van der Waals surface area contributed by atoms with Crippen LogP contribution in [0.5, 0.6) is 5.75 Å². The van der Waals surface area contributed by atoms with Gasteiger partial charge < -0.3 is 9.72 Å². The van der Waals surface area contributed by atoms with Gasteiger partial charge >= 0.3 is 0 Å². The fourth-order valence-corrected chi connectivity index (χ4v) is 3.26. The molecule has 4 rings (SSSR count). The summed E-state index contributed by atoms with van der Waals surface area (Å²) in [4.78, 5) is 21.7. The summed E-state index contributed by atoms with van der Waals surface area (Å²) >= 11 is 0. The molecule has 1 fully saturated rings. The molecule has 2 aromatic rings. The third-order valence-electron chi connectivity index (χ3n) is 4.86. The van der Waals surface area contributed by atoms with Crippen LogP contribution in [0.2, 0.25) is 0 Å². The van der Waals surface area contributed by atoms with Gasteiger partial charge in [-0.3, -0.25) is 9.69 Å². The molecule has 5 nitrogen and oxygen atoms in total. The van der Waals surface area contributed by atoms with Crippen LogP contribution in [0, 0.1) is 11.6 Å². The van der Waals surface area contributed by atoms with E-state index in [4.69, 9.17) is 4.74 Å². The van der Waals surface area contributed by atoms with E-state index < -0.39 is 11.6 Å². The zero-order valence-corrected chi connectivity index (χ0v) is 13.9. The molecule has 0 radical (unpaired) electrons. The van der Waals surface area contributed by atoms with E-state index in [2.05, 4.69) is 9.97 Å². The van der Waals surface area contributed by atoms with Crippen LogP contribution in [0.3, 0.4) is 0 Å². The number of ether oxygens (including phenoxy) is 1. The maximum Gasteiger partial charge on any atom is 0.255 e. The molecule has 0 saturated heterocycles. The molecule has 25 heavy (non-hydrogen) atoms. The van der Waals surface area contributed by atoms with Crippen LogP contribution in [0.15, 0.2) is 16.9 Å². The van der Waals surface area contributed by atoms with Gasteiger partial charge in [-0.15, -0.1) is 0 Å². The molecule has 1 saturated carbocycles. The van der Waals surface area contributed by atoms with Gasteiger partial charge in [-0.2, -0.15) is 0 Å². The molecule has 0 bridgehead atoms. The van der Waals surface area contributed by atoms with Crippen LogP contribution in [0.4, 0.5) is 8.78 Å². The van der Waals surface area contributed by atoms with E-state index >= 15 is 0 Å². The van der Waals surface area contributed by atoms with E-state index in [0.29, 0.717) is 31.0 Å². The molecular formula is C18H19F2N3O2. The minimum atomic E-state index is -0.640. The van der Waals surface area contributed by atoms with Gasteiger partial charge in [0, 0.05) is 49.7 Å². The van der Waals surface area contributed by atoms with Gasteiger partial charge in [-0.1, -0.05) is 0 Å². The van der Waals surface area contributed by atoms with Crippen molar-refractivity contribution >= 4 is 0 Å². The summed E-state index contributed by atoms with van der Waals surface area (Å²) in [7, 11) is 1.37. The van der Waals surface area contributed by atoms with E-state index in [1.54, 1.807) is 0 Å². The standard InChI is InChI=1S/C18H19F2N3O2/c1-25-11-6-14(19)12(15(20)7-11)8-23-5-4-16-13(9-23)18(24)22-17(21-16)10-2-3-10/h6-7,10H,2-5,8-9H2,1H3,(H,21,22,24). The Hall–Kier alpha value is -2.28. The molecule has 2 heterocycles. The smallest absolute Gasteiger partial charge is 0.255 e. The number of nitrogens with one attached hydrogen (secondary N) is 1. The van der Waals surface area contributed by atoms with E-state index in [9.17, 15) is 13.6 Å². The topological polar surface area (TPSA) is 58.2 Å². The second-order valence-electron chi connectivity index (χ2n) is 6.68. The van der Waals surface area contributed by atoms with Gasteiger partial charge in [0.05, 0.1) is 18.4 Å². The van der Waals surface area contributed by atoms with Crippen LogP contribution in [0.1, 0.15) is 41.4 Å². The molecule has 1 aliphatic carbocycles. The van der Waals surface area contributed by atoms with Crippen LogP contribution in [0.25, 0.3) is 0 Å². The summed E-state index contributed by atoms with van der Waals surface area (Å²) < 4.78 is 33.2. The number of methoxy groups -OCH3 is 1. The van der Waals surface area contributed by atoms with Crippen molar-refractivity contribution < 1.29 is 13.5 Å². The molecule has 0 amide bonds. The highest BCUT2D eigenvalue weighted by Gasteiger charge is 2.29. The quantitative estimate of drug-likeness (QED) is 0.923. The number of fused-ring (bicyclic) bond motifs is 1. The van der Waals surface area contributed by atoms with Crippen molar-refractivity contribution in [1.29, 1.82) is 0 Å². The van der Waals surface area contributed by atoms with Crippen molar-refractivity contribution in [2.75, 3.05) is 13.7 Å². The second kappa shape index (κ2) is 6.22. The third-order valence-corrected chi connectivity index (χ3v) is 4.86. The predicted octanol–water partition coefficient (Wildman–Crippen LogP) is 2.49. The Balaban J connectivity index is 1.56. The normalized spacial score (nSPS) is 17.4. The fraction of sp³-hybridized carbons (Fsp3) is 0.444. The number of hydrogen-bond acceptors (Lipinski definition) is 4. The lowest BCUT2D eigenvalue weighted by atomic mass is 10.1. The Labute approximate surface area is 143 Å². The fourth-order valence-electron chi connectivity index (χ4n) is 3.26. The number of rotatable bonds is 4. The monoisotopic (exact) mass is 347 g/mol. The predicted molar refractivity (Wildman–Crippen MR) is 87.6 cm³/mol. The van der Waals surface area contributed by atoms with Crippen molar-refractivity contribution in [3.63, 3.8) is 0 Å². The first-order chi connectivity index (χ1) is 12.0. The second-order valence-corrected chi connectivity index (χ2v) is 6.68. The molecule has 0 unspecified atom stereocenters. The summed E-state index contributed by atoms with van der Waals surface area (Å²) in [5.41, 5.74) is 1.28. The van der Waals surface area contributed by atoms with E-state index in [1.807, 2.05) is 4.90 Å². The van der Waals surface area contributed by atoms with E-state index in [-0.39, 0.29) is 23.4 Å². The van der Waals surface area contributed by atoms with Crippen LogP contribution < -0.4 is 10.3 Å². The minimum absolute atomic E-state index is 0.0109. The average molecular weight is 347 g/mol. The van der Waals surface area contributed by atoms with Crippen molar-refractivity contribution in [3.8, 4) is 5.75 Å². The summed E-state index contributed by atoms with van der Waals surface area (Å²) in [5.74, 6) is 0.0384. The first-order valence-corrected chi connectivity index (χ1v) is 8.41. The SMILES string of the molecule is COc1cc(F)c(CN2CCc3nc(C4CC4)[nH]c(=O)c3C2)c(F)c1. The first-order valence-electron chi connectivity index (χ1n) is 8.41. The number of aromatic nitrogens is 2.